The maximum Gasteiger partial charge on any atom is 0.311 e. The minimum Gasteiger partial charge on any atom is -0.358 e. The lowest BCUT2D eigenvalue weighted by Crippen LogP contribution is -2.09. The molecule has 7 heteroatoms. The molecule has 5 nitrogen and oxygen atoms in total. The molecule has 2 rings (SSSR count). The Balaban J connectivity index is 2.28. The highest BCUT2D eigenvalue weighted by molar-refractivity contribution is 7.07. The van der Waals surface area contributed by atoms with E-state index in [0.29, 0.717) is 0 Å². The monoisotopic (exact) mass is 283 g/mol. The van der Waals surface area contributed by atoms with Gasteiger partial charge >= 0.3 is 5.69 Å². The van der Waals surface area contributed by atoms with Gasteiger partial charge in [0.2, 0.25) is 5.82 Å². The molecule has 94 valence electrons. The molecule has 0 aliphatic rings. The van der Waals surface area contributed by atoms with Gasteiger partial charge in [-0.05, 0) is 35.4 Å². The van der Waals surface area contributed by atoms with E-state index in [0.717, 1.165) is 5.56 Å². The quantitative estimate of drug-likeness (QED) is 0.525. The molecule has 0 aromatic carbocycles. The summed E-state index contributed by atoms with van der Waals surface area (Å²) >= 11 is 7.33. The summed E-state index contributed by atoms with van der Waals surface area (Å²) in [4.78, 5) is 14.4. The topological polar surface area (TPSA) is 68.1 Å². The molecule has 0 fully saturated rings. The fraction of sp³-hybridized carbons (Fsp3) is 0.182. The third-order valence-electron chi connectivity index (χ3n) is 2.43. The van der Waals surface area contributed by atoms with E-state index in [2.05, 4.69) is 10.3 Å². The lowest BCUT2D eigenvalue weighted by atomic mass is 10.2. The standard InChI is InChI=1S/C11H10ClN3O2S/c1-7(8-4-5-18-6-8)13-11-9(15(16)17)2-3-10(12)14-11/h2-7H,1H3,(H,13,14). The van der Waals surface area contributed by atoms with E-state index < -0.39 is 4.92 Å². The Morgan fingerprint density at radius 2 is 2.28 bits per heavy atom. The van der Waals surface area contributed by atoms with Crippen LogP contribution in [0.2, 0.25) is 5.15 Å². The van der Waals surface area contributed by atoms with E-state index >= 15 is 0 Å². The lowest BCUT2D eigenvalue weighted by molar-refractivity contribution is -0.384. The molecule has 0 amide bonds. The van der Waals surface area contributed by atoms with Crippen molar-refractivity contribution in [3.05, 3.63) is 49.8 Å². The molecule has 2 aromatic rings. The van der Waals surface area contributed by atoms with Crippen LogP contribution in [0.1, 0.15) is 18.5 Å². The number of hydrogen-bond donors (Lipinski definition) is 1. The Morgan fingerprint density at radius 3 is 2.89 bits per heavy atom. The molecule has 2 aromatic heterocycles. The van der Waals surface area contributed by atoms with Crippen LogP contribution in [0.4, 0.5) is 11.5 Å². The van der Waals surface area contributed by atoms with Crippen LogP contribution in [0, 0.1) is 10.1 Å². The summed E-state index contributed by atoms with van der Waals surface area (Å²) in [5, 5.41) is 18.0. The van der Waals surface area contributed by atoms with Crippen molar-refractivity contribution in [3.8, 4) is 0 Å². The molecular weight excluding hydrogens is 274 g/mol. The number of thiophene rings is 1. The molecule has 1 N–H and O–H groups in total. The summed E-state index contributed by atoms with van der Waals surface area (Å²) in [6, 6.07) is 4.64. The van der Waals surface area contributed by atoms with Crippen molar-refractivity contribution >= 4 is 34.4 Å². The lowest BCUT2D eigenvalue weighted by Gasteiger charge is -2.13. The van der Waals surface area contributed by atoms with Crippen molar-refractivity contribution in [2.45, 2.75) is 13.0 Å². The molecule has 18 heavy (non-hydrogen) atoms. The Kier molecular flexibility index (Phi) is 3.78. The number of nitrogens with zero attached hydrogens (tertiary/aromatic N) is 2. The molecule has 1 atom stereocenters. The zero-order chi connectivity index (χ0) is 13.1. The molecule has 0 radical (unpaired) electrons. The molecule has 0 saturated carbocycles. The number of halogens is 1. The molecule has 0 aliphatic heterocycles. The Labute approximate surface area is 113 Å². The number of anilines is 1. The smallest absolute Gasteiger partial charge is 0.311 e. The van der Waals surface area contributed by atoms with Gasteiger partial charge in [-0.25, -0.2) is 4.98 Å². The fourth-order valence-corrected chi connectivity index (χ4v) is 2.39. The van der Waals surface area contributed by atoms with Gasteiger partial charge in [0.05, 0.1) is 11.0 Å². The van der Waals surface area contributed by atoms with Gasteiger partial charge in [-0.3, -0.25) is 10.1 Å². The molecule has 0 spiro atoms. The van der Waals surface area contributed by atoms with Crippen molar-refractivity contribution in [1.29, 1.82) is 0 Å². The van der Waals surface area contributed by atoms with Gasteiger partial charge in [0.1, 0.15) is 5.15 Å². The van der Waals surface area contributed by atoms with Gasteiger partial charge in [0.15, 0.2) is 0 Å². The fourth-order valence-electron chi connectivity index (χ4n) is 1.49. The van der Waals surface area contributed by atoms with Crippen molar-refractivity contribution in [1.82, 2.24) is 4.98 Å². The summed E-state index contributed by atoms with van der Waals surface area (Å²) in [7, 11) is 0. The van der Waals surface area contributed by atoms with E-state index in [1.54, 1.807) is 11.3 Å². The molecular formula is C11H10ClN3O2S. The normalized spacial score (nSPS) is 12.1. The van der Waals surface area contributed by atoms with Crippen LogP contribution in [0.15, 0.2) is 29.0 Å². The minimum absolute atomic E-state index is 0.0686. The van der Waals surface area contributed by atoms with Gasteiger partial charge in [-0.1, -0.05) is 11.6 Å². The zero-order valence-electron chi connectivity index (χ0n) is 9.46. The second kappa shape index (κ2) is 5.32. The van der Waals surface area contributed by atoms with Gasteiger partial charge < -0.3 is 5.32 Å². The average Bonchev–Trinajstić information content (AvgIpc) is 2.81. The summed E-state index contributed by atoms with van der Waals surface area (Å²) in [5.74, 6) is 0.186. The van der Waals surface area contributed by atoms with Crippen LogP contribution in [0.5, 0.6) is 0 Å². The highest BCUT2D eigenvalue weighted by Crippen LogP contribution is 2.28. The van der Waals surface area contributed by atoms with Crippen LogP contribution < -0.4 is 5.32 Å². The average molecular weight is 284 g/mol. The Morgan fingerprint density at radius 1 is 1.50 bits per heavy atom. The largest absolute Gasteiger partial charge is 0.358 e. The SMILES string of the molecule is CC(Nc1nc(Cl)ccc1[N+](=O)[O-])c1ccsc1. The molecule has 2 heterocycles. The molecule has 0 saturated heterocycles. The predicted octanol–water partition coefficient (Wildman–Crippen LogP) is 3.88. The second-order valence-electron chi connectivity index (χ2n) is 3.68. The predicted molar refractivity (Wildman–Crippen MR) is 72.3 cm³/mol. The van der Waals surface area contributed by atoms with E-state index in [1.165, 1.54) is 12.1 Å². The van der Waals surface area contributed by atoms with E-state index in [9.17, 15) is 10.1 Å². The van der Waals surface area contributed by atoms with E-state index in [-0.39, 0.29) is 22.7 Å². The molecule has 0 bridgehead atoms. The minimum atomic E-state index is -0.480. The highest BCUT2D eigenvalue weighted by Gasteiger charge is 2.18. The van der Waals surface area contributed by atoms with Crippen LogP contribution in [-0.4, -0.2) is 9.91 Å². The summed E-state index contributed by atoms with van der Waals surface area (Å²) in [5.41, 5.74) is 0.970. The number of pyridine rings is 1. The van der Waals surface area contributed by atoms with Crippen molar-refractivity contribution in [3.63, 3.8) is 0 Å². The summed E-state index contributed by atoms with van der Waals surface area (Å²) in [6.07, 6.45) is 0. The number of nitrogens with one attached hydrogen (secondary N) is 1. The van der Waals surface area contributed by atoms with E-state index in [4.69, 9.17) is 11.6 Å². The number of rotatable bonds is 4. The third-order valence-corrected chi connectivity index (χ3v) is 3.35. The van der Waals surface area contributed by atoms with Gasteiger partial charge in [0.25, 0.3) is 0 Å². The number of hydrogen-bond acceptors (Lipinski definition) is 5. The van der Waals surface area contributed by atoms with Crippen LogP contribution in [0.25, 0.3) is 0 Å². The first kappa shape index (κ1) is 12.8. The number of aromatic nitrogens is 1. The van der Waals surface area contributed by atoms with Gasteiger partial charge in [-0.2, -0.15) is 11.3 Å². The summed E-state index contributed by atoms with van der Waals surface area (Å²) in [6.45, 7) is 1.91. The first-order valence-electron chi connectivity index (χ1n) is 5.17. The number of nitro groups is 1. The molecule has 1 unspecified atom stereocenters. The van der Waals surface area contributed by atoms with Crippen molar-refractivity contribution < 1.29 is 4.92 Å². The van der Waals surface area contributed by atoms with Crippen LogP contribution >= 0.6 is 22.9 Å². The summed E-state index contributed by atoms with van der Waals surface area (Å²) < 4.78 is 0. The van der Waals surface area contributed by atoms with Crippen molar-refractivity contribution in [2.75, 3.05) is 5.32 Å². The van der Waals surface area contributed by atoms with Crippen molar-refractivity contribution in [2.24, 2.45) is 0 Å². The first-order chi connectivity index (χ1) is 8.58. The second-order valence-corrected chi connectivity index (χ2v) is 4.85. The van der Waals surface area contributed by atoms with Gasteiger partial charge in [-0.15, -0.1) is 0 Å². The zero-order valence-corrected chi connectivity index (χ0v) is 11.0. The highest BCUT2D eigenvalue weighted by atomic mass is 35.5. The van der Waals surface area contributed by atoms with E-state index in [1.807, 2.05) is 23.8 Å². The maximum absolute atomic E-state index is 10.9. The Hall–Kier alpha value is -1.66. The van der Waals surface area contributed by atoms with Crippen LogP contribution in [-0.2, 0) is 0 Å². The third kappa shape index (κ3) is 2.77. The Bertz CT molecular complexity index is 559. The van der Waals surface area contributed by atoms with Crippen LogP contribution in [0.3, 0.4) is 0 Å². The van der Waals surface area contributed by atoms with Gasteiger partial charge in [0, 0.05) is 6.07 Å². The maximum atomic E-state index is 10.9. The molecule has 0 aliphatic carbocycles. The first-order valence-corrected chi connectivity index (χ1v) is 6.49.